The number of nitrogens with zero attached hydrogens (tertiary/aromatic N) is 2. The van der Waals surface area contributed by atoms with Gasteiger partial charge in [0, 0.05) is 29.6 Å². The molecular formula is C35H58N4O9S2. The number of carbonyl (C=O) groups excluding carboxylic acids is 2. The van der Waals surface area contributed by atoms with Crippen molar-refractivity contribution in [2.24, 2.45) is 5.92 Å². The lowest BCUT2D eigenvalue weighted by Gasteiger charge is -2.28. The number of hydrogen-bond donors (Lipinski definition) is 2. The van der Waals surface area contributed by atoms with Crippen molar-refractivity contribution in [2.75, 3.05) is 28.7 Å². The number of aromatic nitrogens is 2. The molecule has 2 fully saturated rings. The maximum Gasteiger partial charge on any atom is 0.246 e. The number of amides is 2. The minimum atomic E-state index is -3.70. The van der Waals surface area contributed by atoms with Crippen LogP contribution in [-0.2, 0) is 44.8 Å². The Labute approximate surface area is 298 Å². The molecule has 50 heavy (non-hydrogen) atoms. The van der Waals surface area contributed by atoms with E-state index in [-0.39, 0.29) is 46.0 Å². The van der Waals surface area contributed by atoms with Crippen LogP contribution in [0.25, 0.3) is 0 Å². The van der Waals surface area contributed by atoms with Gasteiger partial charge in [0.15, 0.2) is 31.3 Å². The van der Waals surface area contributed by atoms with Gasteiger partial charge in [-0.1, -0.05) is 71.1 Å². The van der Waals surface area contributed by atoms with Gasteiger partial charge < -0.3 is 24.4 Å². The van der Waals surface area contributed by atoms with Gasteiger partial charge in [-0.05, 0) is 65.7 Å². The van der Waals surface area contributed by atoms with E-state index in [9.17, 15) is 26.4 Å². The van der Waals surface area contributed by atoms with Crippen molar-refractivity contribution < 1.29 is 40.2 Å². The lowest BCUT2D eigenvalue weighted by atomic mass is 9.91. The zero-order valence-electron chi connectivity index (χ0n) is 31.5. The van der Waals surface area contributed by atoms with Crippen LogP contribution in [0.2, 0.25) is 0 Å². The van der Waals surface area contributed by atoms with Crippen molar-refractivity contribution in [1.82, 2.24) is 10.3 Å². The number of hydrogen-bond acceptors (Lipinski definition) is 11. The number of carbonyl (C=O) groups is 2. The molecule has 0 bridgehead atoms. The van der Waals surface area contributed by atoms with Gasteiger partial charge in [-0.3, -0.25) is 9.59 Å². The molecule has 13 nitrogen and oxygen atoms in total. The van der Waals surface area contributed by atoms with E-state index in [2.05, 4.69) is 20.9 Å². The third-order valence-electron chi connectivity index (χ3n) is 9.49. The molecule has 2 aromatic heterocycles. The maximum absolute atomic E-state index is 12.8. The molecule has 2 aliphatic rings. The van der Waals surface area contributed by atoms with Gasteiger partial charge in [-0.2, -0.15) is 0 Å². The van der Waals surface area contributed by atoms with Crippen LogP contribution in [0.1, 0.15) is 132 Å². The van der Waals surface area contributed by atoms with Gasteiger partial charge in [0.1, 0.15) is 21.0 Å². The Morgan fingerprint density at radius 2 is 1.08 bits per heavy atom. The Kier molecular flexibility index (Phi) is 13.2. The predicted molar refractivity (Wildman–Crippen MR) is 194 cm³/mol. The van der Waals surface area contributed by atoms with E-state index >= 15 is 0 Å². The summed E-state index contributed by atoms with van der Waals surface area (Å²) in [4.78, 5) is 25.2. The Bertz CT molecular complexity index is 1540. The zero-order valence-corrected chi connectivity index (χ0v) is 33.1. The van der Waals surface area contributed by atoms with E-state index in [1.807, 2.05) is 41.5 Å². The second-order valence-corrected chi connectivity index (χ2v) is 21.8. The van der Waals surface area contributed by atoms with E-state index in [1.165, 1.54) is 34.1 Å². The fourth-order valence-electron chi connectivity index (χ4n) is 5.46. The van der Waals surface area contributed by atoms with E-state index in [0.717, 1.165) is 38.5 Å². The highest BCUT2D eigenvalue weighted by atomic mass is 32.2. The molecule has 1 aliphatic heterocycles. The molecule has 4 rings (SSSR count). The van der Waals surface area contributed by atoms with Crippen molar-refractivity contribution in [3.8, 4) is 0 Å². The molecule has 0 radical (unpaired) electrons. The normalized spacial score (nSPS) is 18.6. The van der Waals surface area contributed by atoms with Crippen LogP contribution in [-0.4, -0.2) is 72.7 Å². The molecule has 1 atom stereocenters. The monoisotopic (exact) mass is 742 g/mol. The lowest BCUT2D eigenvalue weighted by molar-refractivity contribution is -0.118. The fraction of sp³-hybridized carbons (Fsp3) is 0.771. The molecule has 0 aromatic carbocycles. The van der Waals surface area contributed by atoms with Gasteiger partial charge >= 0.3 is 0 Å². The molecule has 1 aliphatic carbocycles. The molecular weight excluding hydrogens is 685 g/mol. The Hall–Kier alpha value is -2.78. The van der Waals surface area contributed by atoms with Crippen LogP contribution in [0.15, 0.2) is 21.2 Å². The standard InChI is InChI=1S/C18H30N2O4S.C17H28N2O5S/c1-17(2,3)14-11-15(20-24-14)19-16(21)18(4,5)25(22,23)12-13-9-7-6-8-10-13;1-16(2,3)13-10-14(19-24-13)18-15(20)17(4,5)25(21,22)11-12-8-6-7-9-23-12/h11,13H,6-10,12H2,1-5H3,(H,19,20,21);10,12H,6-9,11H2,1-5H3,(H,18,19,20). The first-order chi connectivity index (χ1) is 22.9. The van der Waals surface area contributed by atoms with Crippen LogP contribution in [0.3, 0.4) is 0 Å². The SMILES string of the molecule is CC(C)(C)c1cc(NC(=O)C(C)(C)S(=O)(=O)CC2CCCCC2)no1.CC(C)(C)c1cc(NC(=O)C(C)(C)S(=O)(=O)CC2CCCCO2)no1. The highest BCUT2D eigenvalue weighted by Gasteiger charge is 2.44. The Morgan fingerprint density at radius 3 is 1.46 bits per heavy atom. The number of rotatable bonds is 10. The number of sulfone groups is 2. The predicted octanol–water partition coefficient (Wildman–Crippen LogP) is 6.36. The summed E-state index contributed by atoms with van der Waals surface area (Å²) in [5, 5.41) is 12.8. The smallest absolute Gasteiger partial charge is 0.246 e. The van der Waals surface area contributed by atoms with E-state index in [1.54, 1.807) is 12.1 Å². The zero-order chi connectivity index (χ0) is 37.8. The molecule has 3 heterocycles. The summed E-state index contributed by atoms with van der Waals surface area (Å²) < 4.78 is 64.0. The van der Waals surface area contributed by atoms with Crippen molar-refractivity contribution in [2.45, 2.75) is 147 Å². The van der Waals surface area contributed by atoms with Crippen LogP contribution < -0.4 is 10.6 Å². The van der Waals surface area contributed by atoms with Crippen molar-refractivity contribution in [3.63, 3.8) is 0 Å². The molecule has 1 saturated carbocycles. The second-order valence-electron chi connectivity index (χ2n) is 16.6. The van der Waals surface area contributed by atoms with Gasteiger partial charge in [-0.15, -0.1) is 0 Å². The minimum absolute atomic E-state index is 0.0689. The first-order valence-corrected chi connectivity index (χ1v) is 20.8. The maximum atomic E-state index is 12.8. The van der Waals surface area contributed by atoms with Gasteiger partial charge in [0.05, 0.1) is 17.6 Å². The molecule has 284 valence electrons. The summed E-state index contributed by atoms with van der Waals surface area (Å²) in [7, 11) is -7.27. The van der Waals surface area contributed by atoms with Crippen molar-refractivity contribution >= 4 is 43.1 Å². The molecule has 2 aromatic rings. The highest BCUT2D eigenvalue weighted by molar-refractivity contribution is 7.93. The molecule has 1 saturated heterocycles. The number of anilines is 2. The minimum Gasteiger partial charge on any atom is -0.377 e. The fourth-order valence-corrected chi connectivity index (χ4v) is 8.66. The largest absolute Gasteiger partial charge is 0.377 e. The average molecular weight is 743 g/mol. The van der Waals surface area contributed by atoms with Gasteiger partial charge in [0.25, 0.3) is 0 Å². The summed E-state index contributed by atoms with van der Waals surface area (Å²) in [6.45, 7) is 18.1. The molecule has 1 unspecified atom stereocenters. The highest BCUT2D eigenvalue weighted by Crippen LogP contribution is 2.31. The first kappa shape index (κ1) is 41.6. The summed E-state index contributed by atoms with van der Waals surface area (Å²) >= 11 is 0. The van der Waals surface area contributed by atoms with Gasteiger partial charge in [0.2, 0.25) is 11.8 Å². The molecule has 15 heteroatoms. The third kappa shape index (κ3) is 10.6. The second kappa shape index (κ2) is 15.9. The molecule has 0 spiro atoms. The van der Waals surface area contributed by atoms with Crippen LogP contribution >= 0.6 is 0 Å². The van der Waals surface area contributed by atoms with Crippen LogP contribution in [0.4, 0.5) is 11.6 Å². The quantitative estimate of drug-likeness (QED) is 0.276. The molecule has 2 amide bonds. The van der Waals surface area contributed by atoms with Crippen molar-refractivity contribution in [1.29, 1.82) is 0 Å². The third-order valence-corrected chi connectivity index (χ3v) is 14.7. The van der Waals surface area contributed by atoms with Crippen LogP contribution in [0.5, 0.6) is 0 Å². The lowest BCUT2D eigenvalue weighted by Crippen LogP contribution is -2.48. The Morgan fingerprint density at radius 1 is 0.660 bits per heavy atom. The summed E-state index contributed by atoms with van der Waals surface area (Å²) in [5.41, 5.74) is -0.492. The number of nitrogens with one attached hydrogen (secondary N) is 2. The summed E-state index contributed by atoms with van der Waals surface area (Å²) in [5.74, 6) is 0.575. The average Bonchev–Trinajstić information content (AvgIpc) is 3.68. The van der Waals surface area contributed by atoms with Gasteiger partial charge in [-0.25, -0.2) is 16.8 Å². The van der Waals surface area contributed by atoms with E-state index < -0.39 is 41.0 Å². The number of ether oxygens (including phenoxy) is 1. The molecule has 2 N–H and O–H groups in total. The van der Waals surface area contributed by atoms with E-state index in [0.29, 0.717) is 24.5 Å². The van der Waals surface area contributed by atoms with Crippen LogP contribution in [0, 0.1) is 5.92 Å². The Balaban J connectivity index is 0.000000270. The first-order valence-electron chi connectivity index (χ1n) is 17.5. The summed E-state index contributed by atoms with van der Waals surface area (Å²) in [6.07, 6.45) is 7.42. The van der Waals surface area contributed by atoms with E-state index in [4.69, 9.17) is 13.8 Å². The topological polar surface area (TPSA) is 188 Å². The summed E-state index contributed by atoms with van der Waals surface area (Å²) in [6, 6.07) is 3.26. The van der Waals surface area contributed by atoms with Crippen molar-refractivity contribution in [3.05, 3.63) is 23.7 Å².